The van der Waals surface area contributed by atoms with Gasteiger partial charge in [0.05, 0.1) is 5.75 Å². The summed E-state index contributed by atoms with van der Waals surface area (Å²) in [5.41, 5.74) is 1.78. The normalized spacial score (nSPS) is 14.5. The minimum atomic E-state index is -0.209. The van der Waals surface area contributed by atoms with Crippen LogP contribution in [0.1, 0.15) is 49.2 Å². The summed E-state index contributed by atoms with van der Waals surface area (Å²) >= 11 is 1.19. The van der Waals surface area contributed by atoms with Crippen molar-refractivity contribution < 1.29 is 9.59 Å². The van der Waals surface area contributed by atoms with E-state index in [1.807, 2.05) is 11.8 Å². The molecule has 2 aromatic rings. The van der Waals surface area contributed by atoms with Crippen molar-refractivity contribution in [1.29, 1.82) is 0 Å². The zero-order chi connectivity index (χ0) is 21.5. The van der Waals surface area contributed by atoms with Crippen molar-refractivity contribution in [2.45, 2.75) is 44.7 Å². The number of nitrogens with one attached hydrogen (secondary N) is 2. The van der Waals surface area contributed by atoms with Crippen LogP contribution in [0.25, 0.3) is 0 Å². The number of hydrogen-bond donors (Lipinski definition) is 2. The largest absolute Gasteiger partial charge is 0.339 e. The van der Waals surface area contributed by atoms with Gasteiger partial charge in [0.2, 0.25) is 5.91 Å². The van der Waals surface area contributed by atoms with Gasteiger partial charge in [-0.25, -0.2) is 4.98 Å². The van der Waals surface area contributed by atoms with Gasteiger partial charge >= 0.3 is 0 Å². The number of thioether (sulfide) groups is 1. The maximum Gasteiger partial charge on any atom is 0.253 e. The Bertz CT molecular complexity index is 934. The van der Waals surface area contributed by atoms with E-state index in [9.17, 15) is 14.4 Å². The van der Waals surface area contributed by atoms with Crippen LogP contribution in [0.2, 0.25) is 0 Å². The third-order valence-electron chi connectivity index (χ3n) is 5.11. The predicted molar refractivity (Wildman–Crippen MR) is 119 cm³/mol. The van der Waals surface area contributed by atoms with Gasteiger partial charge in [-0.3, -0.25) is 14.4 Å². The molecule has 1 aliphatic heterocycles. The Morgan fingerprint density at radius 1 is 1.23 bits per heavy atom. The fourth-order valence-electron chi connectivity index (χ4n) is 3.36. The highest BCUT2D eigenvalue weighted by Gasteiger charge is 2.21. The molecule has 0 spiro atoms. The first-order chi connectivity index (χ1) is 14.4. The van der Waals surface area contributed by atoms with E-state index in [2.05, 4.69) is 22.2 Å². The molecule has 0 unspecified atom stereocenters. The number of carbonyl (C=O) groups is 2. The molecule has 30 heavy (non-hydrogen) atoms. The van der Waals surface area contributed by atoms with E-state index in [0.29, 0.717) is 22.3 Å². The standard InChI is InChI=1S/C22H28N4O3S/c1-3-4-18-13-19(27)25-22(24-18)30-14-20(28)23-17-7-5-16(6-8-17)21(29)26-11-9-15(2)10-12-26/h5-8,13,15H,3-4,9-12,14H2,1-2H3,(H,23,28)(H,24,25,27). The SMILES string of the molecule is CCCc1cc(=O)[nH]c(SCC(=O)Nc2ccc(C(=O)N3CCC(C)CC3)cc2)n1. The highest BCUT2D eigenvalue weighted by molar-refractivity contribution is 7.99. The fraction of sp³-hybridized carbons (Fsp3) is 0.455. The van der Waals surface area contributed by atoms with E-state index in [0.717, 1.165) is 44.5 Å². The Balaban J connectivity index is 1.52. The minimum Gasteiger partial charge on any atom is -0.339 e. The Morgan fingerprint density at radius 3 is 2.60 bits per heavy atom. The maximum atomic E-state index is 12.6. The number of carbonyl (C=O) groups excluding carboxylic acids is 2. The second-order valence-corrected chi connectivity index (χ2v) is 8.64. The molecule has 0 radical (unpaired) electrons. The molecule has 2 amide bonds. The van der Waals surface area contributed by atoms with E-state index in [1.165, 1.54) is 17.8 Å². The van der Waals surface area contributed by atoms with Gasteiger partial charge < -0.3 is 15.2 Å². The molecule has 2 heterocycles. The van der Waals surface area contributed by atoms with Crippen LogP contribution in [-0.4, -0.2) is 45.5 Å². The molecule has 1 aliphatic rings. The van der Waals surface area contributed by atoms with Gasteiger partial charge in [-0.1, -0.05) is 32.0 Å². The summed E-state index contributed by atoms with van der Waals surface area (Å²) in [5, 5.41) is 3.26. The Labute approximate surface area is 180 Å². The lowest BCUT2D eigenvalue weighted by atomic mass is 9.98. The lowest BCUT2D eigenvalue weighted by Crippen LogP contribution is -2.37. The number of aromatic amines is 1. The number of aromatic nitrogens is 2. The Hall–Kier alpha value is -2.61. The predicted octanol–water partition coefficient (Wildman–Crippen LogP) is 3.33. The number of aryl methyl sites for hydroxylation is 1. The third kappa shape index (κ3) is 6.19. The smallest absolute Gasteiger partial charge is 0.253 e. The second-order valence-electron chi connectivity index (χ2n) is 7.68. The summed E-state index contributed by atoms with van der Waals surface area (Å²) < 4.78 is 0. The van der Waals surface area contributed by atoms with Crippen molar-refractivity contribution in [3.8, 4) is 0 Å². The first-order valence-corrected chi connectivity index (χ1v) is 11.4. The quantitative estimate of drug-likeness (QED) is 0.521. The number of hydrogen-bond acceptors (Lipinski definition) is 5. The van der Waals surface area contributed by atoms with Gasteiger partial charge in [0.25, 0.3) is 11.5 Å². The van der Waals surface area contributed by atoms with Gasteiger partial charge in [0.15, 0.2) is 5.16 Å². The van der Waals surface area contributed by atoms with Crippen LogP contribution in [-0.2, 0) is 11.2 Å². The molecule has 1 aromatic carbocycles. The van der Waals surface area contributed by atoms with Crippen LogP contribution < -0.4 is 10.9 Å². The summed E-state index contributed by atoms with van der Waals surface area (Å²) in [6, 6.07) is 8.46. The van der Waals surface area contributed by atoms with Crippen molar-refractivity contribution in [2.24, 2.45) is 5.92 Å². The first kappa shape index (κ1) is 22.1. The van der Waals surface area contributed by atoms with Gasteiger partial charge in [0.1, 0.15) is 0 Å². The molecule has 7 nitrogen and oxygen atoms in total. The number of likely N-dealkylation sites (tertiary alicyclic amines) is 1. The molecule has 2 N–H and O–H groups in total. The summed E-state index contributed by atoms with van der Waals surface area (Å²) in [7, 11) is 0. The molecule has 1 fully saturated rings. The number of amides is 2. The topological polar surface area (TPSA) is 95.2 Å². The lowest BCUT2D eigenvalue weighted by molar-refractivity contribution is -0.113. The molecule has 0 aliphatic carbocycles. The zero-order valence-electron chi connectivity index (χ0n) is 17.4. The molecule has 3 rings (SSSR count). The summed E-state index contributed by atoms with van der Waals surface area (Å²) in [6.45, 7) is 5.83. The van der Waals surface area contributed by atoms with Crippen molar-refractivity contribution in [3.05, 3.63) is 51.9 Å². The minimum absolute atomic E-state index is 0.0392. The van der Waals surface area contributed by atoms with Crippen LogP contribution in [0.4, 0.5) is 5.69 Å². The summed E-state index contributed by atoms with van der Waals surface area (Å²) in [4.78, 5) is 45.5. The maximum absolute atomic E-state index is 12.6. The number of piperidine rings is 1. The second kappa shape index (κ2) is 10.4. The number of nitrogens with zero attached hydrogens (tertiary/aromatic N) is 2. The average molecular weight is 429 g/mol. The lowest BCUT2D eigenvalue weighted by Gasteiger charge is -2.30. The Morgan fingerprint density at radius 2 is 1.93 bits per heavy atom. The molecular formula is C22H28N4O3S. The Kier molecular flexibility index (Phi) is 7.68. The number of H-pyrrole nitrogens is 1. The molecule has 0 saturated carbocycles. The van der Waals surface area contributed by atoms with Gasteiger partial charge in [-0.05, 0) is 49.4 Å². The third-order valence-corrected chi connectivity index (χ3v) is 5.98. The van der Waals surface area contributed by atoms with E-state index in [-0.39, 0.29) is 23.1 Å². The van der Waals surface area contributed by atoms with E-state index in [1.54, 1.807) is 24.3 Å². The van der Waals surface area contributed by atoms with Crippen molar-refractivity contribution in [2.75, 3.05) is 24.2 Å². The number of benzene rings is 1. The van der Waals surface area contributed by atoms with E-state index < -0.39 is 0 Å². The van der Waals surface area contributed by atoms with Crippen LogP contribution in [0, 0.1) is 5.92 Å². The summed E-state index contributed by atoms with van der Waals surface area (Å²) in [6.07, 6.45) is 3.71. The van der Waals surface area contributed by atoms with Gasteiger partial charge in [-0.2, -0.15) is 0 Å². The molecule has 0 bridgehead atoms. The van der Waals surface area contributed by atoms with E-state index >= 15 is 0 Å². The van der Waals surface area contributed by atoms with Crippen LogP contribution in [0.5, 0.6) is 0 Å². The van der Waals surface area contributed by atoms with Crippen LogP contribution >= 0.6 is 11.8 Å². The first-order valence-electron chi connectivity index (χ1n) is 10.4. The monoisotopic (exact) mass is 428 g/mol. The molecular weight excluding hydrogens is 400 g/mol. The van der Waals surface area contributed by atoms with Crippen molar-refractivity contribution in [3.63, 3.8) is 0 Å². The van der Waals surface area contributed by atoms with Gasteiger partial charge in [-0.15, -0.1) is 0 Å². The highest BCUT2D eigenvalue weighted by atomic mass is 32.2. The molecule has 1 aromatic heterocycles. The van der Waals surface area contributed by atoms with Crippen molar-refractivity contribution in [1.82, 2.24) is 14.9 Å². The number of anilines is 1. The van der Waals surface area contributed by atoms with Gasteiger partial charge in [0, 0.05) is 36.1 Å². The number of rotatable bonds is 7. The molecule has 160 valence electrons. The fourth-order valence-corrected chi connectivity index (χ4v) is 4.05. The highest BCUT2D eigenvalue weighted by Crippen LogP contribution is 2.19. The van der Waals surface area contributed by atoms with E-state index in [4.69, 9.17) is 0 Å². The van der Waals surface area contributed by atoms with Crippen LogP contribution in [0.3, 0.4) is 0 Å². The molecule has 0 atom stereocenters. The summed E-state index contributed by atoms with van der Waals surface area (Å²) in [5.74, 6) is 0.641. The van der Waals surface area contributed by atoms with Crippen LogP contribution in [0.15, 0.2) is 40.3 Å². The molecule has 1 saturated heterocycles. The molecule has 8 heteroatoms. The average Bonchev–Trinajstić information content (AvgIpc) is 2.73. The van der Waals surface area contributed by atoms with Crippen molar-refractivity contribution >= 4 is 29.3 Å². The zero-order valence-corrected chi connectivity index (χ0v) is 18.3.